The second-order valence-electron chi connectivity index (χ2n) is 4.64. The molecule has 2 rings (SSSR count). The summed E-state index contributed by atoms with van der Waals surface area (Å²) >= 11 is 0. The Morgan fingerprint density at radius 2 is 1.90 bits per heavy atom. The smallest absolute Gasteiger partial charge is 0.0992 e. The van der Waals surface area contributed by atoms with Crippen molar-refractivity contribution >= 4 is 11.4 Å². The molecule has 1 atom stereocenters. The molecule has 0 spiro atoms. The molecule has 0 saturated heterocycles. The number of para-hydroxylation sites is 1. The first-order valence-corrected chi connectivity index (χ1v) is 6.72. The summed E-state index contributed by atoms with van der Waals surface area (Å²) in [5.74, 6) is 0. The second kappa shape index (κ2) is 6.23. The Kier molecular flexibility index (Phi) is 4.39. The number of rotatable bonds is 4. The van der Waals surface area contributed by atoms with Gasteiger partial charge in [0, 0.05) is 23.5 Å². The van der Waals surface area contributed by atoms with Gasteiger partial charge in [0.15, 0.2) is 0 Å². The highest BCUT2D eigenvalue weighted by Gasteiger charge is 2.15. The van der Waals surface area contributed by atoms with Gasteiger partial charge in [-0.05, 0) is 38.1 Å². The van der Waals surface area contributed by atoms with E-state index < -0.39 is 6.10 Å². The van der Waals surface area contributed by atoms with Crippen LogP contribution in [0.25, 0.3) is 0 Å². The molecule has 0 radical (unpaired) electrons. The van der Waals surface area contributed by atoms with Gasteiger partial charge in [-0.1, -0.05) is 24.3 Å². The van der Waals surface area contributed by atoms with Crippen molar-refractivity contribution < 1.29 is 5.11 Å². The lowest BCUT2D eigenvalue weighted by Crippen LogP contribution is -2.18. The minimum Gasteiger partial charge on any atom is -0.389 e. The lowest BCUT2D eigenvalue weighted by molar-refractivity contribution is 0.200. The number of nitrogens with zero attached hydrogens (tertiary/aromatic N) is 2. The molecule has 0 aliphatic heterocycles. The van der Waals surface area contributed by atoms with E-state index in [0.717, 1.165) is 23.5 Å². The number of aliphatic hydroxyl groups is 1. The number of hydrogen-bond donors (Lipinski definition) is 1. The van der Waals surface area contributed by atoms with Crippen LogP contribution in [-0.4, -0.2) is 11.7 Å². The molecule has 0 aliphatic carbocycles. The van der Waals surface area contributed by atoms with Crippen molar-refractivity contribution in [1.29, 1.82) is 5.26 Å². The number of nitriles is 1. The maximum atomic E-state index is 9.95. The van der Waals surface area contributed by atoms with Crippen molar-refractivity contribution in [3.8, 4) is 6.07 Å². The molecule has 2 aromatic carbocycles. The molecule has 0 aromatic heterocycles. The predicted octanol–water partition coefficient (Wildman–Crippen LogP) is 3.77. The van der Waals surface area contributed by atoms with Crippen LogP contribution in [0.2, 0.25) is 0 Å². The summed E-state index contributed by atoms with van der Waals surface area (Å²) in [4.78, 5) is 2.10. The summed E-state index contributed by atoms with van der Waals surface area (Å²) in [6, 6.07) is 17.5. The summed E-state index contributed by atoms with van der Waals surface area (Å²) in [5.41, 5.74) is 3.35. The van der Waals surface area contributed by atoms with Gasteiger partial charge in [0.2, 0.25) is 0 Å². The van der Waals surface area contributed by atoms with Crippen molar-refractivity contribution in [1.82, 2.24) is 0 Å². The third-order valence-electron chi connectivity index (χ3n) is 3.28. The van der Waals surface area contributed by atoms with Gasteiger partial charge >= 0.3 is 0 Å². The van der Waals surface area contributed by atoms with E-state index in [-0.39, 0.29) is 0 Å². The molecule has 0 amide bonds. The lowest BCUT2D eigenvalue weighted by atomic mass is 10.0. The van der Waals surface area contributed by atoms with Gasteiger partial charge in [-0.15, -0.1) is 0 Å². The third-order valence-corrected chi connectivity index (χ3v) is 3.28. The van der Waals surface area contributed by atoms with Crippen LogP contribution in [0, 0.1) is 11.3 Å². The molecule has 102 valence electrons. The van der Waals surface area contributed by atoms with Crippen LogP contribution in [0.15, 0.2) is 48.5 Å². The van der Waals surface area contributed by atoms with E-state index in [1.165, 1.54) is 0 Å². The Hall–Kier alpha value is -2.31. The minimum absolute atomic E-state index is 0.574. The van der Waals surface area contributed by atoms with Crippen LogP contribution >= 0.6 is 0 Å². The van der Waals surface area contributed by atoms with E-state index in [9.17, 15) is 5.11 Å². The quantitative estimate of drug-likeness (QED) is 0.916. The standard InChI is InChI=1S/C17H18N2O/c1-3-19(15-7-5-4-6-8-15)17-11-14(12-18)9-10-16(17)13(2)20/h4-11,13,20H,3H2,1-2H3/t13-/m0/s1. The fourth-order valence-electron chi connectivity index (χ4n) is 2.30. The zero-order valence-corrected chi connectivity index (χ0v) is 11.7. The van der Waals surface area contributed by atoms with E-state index in [2.05, 4.69) is 17.9 Å². The number of hydrogen-bond acceptors (Lipinski definition) is 3. The van der Waals surface area contributed by atoms with E-state index in [0.29, 0.717) is 5.56 Å². The maximum Gasteiger partial charge on any atom is 0.0992 e. The number of aliphatic hydroxyl groups excluding tert-OH is 1. The zero-order chi connectivity index (χ0) is 14.5. The molecular formula is C17H18N2O. The molecule has 3 nitrogen and oxygen atoms in total. The van der Waals surface area contributed by atoms with Gasteiger partial charge in [-0.2, -0.15) is 5.26 Å². The van der Waals surface area contributed by atoms with Gasteiger partial charge in [0.05, 0.1) is 17.7 Å². The topological polar surface area (TPSA) is 47.3 Å². The number of benzene rings is 2. The zero-order valence-electron chi connectivity index (χ0n) is 11.7. The van der Waals surface area contributed by atoms with Crippen molar-refractivity contribution in [2.24, 2.45) is 0 Å². The molecule has 0 fully saturated rings. The first-order chi connectivity index (χ1) is 9.67. The SMILES string of the molecule is CCN(c1ccccc1)c1cc(C#N)ccc1[C@H](C)O. The van der Waals surface area contributed by atoms with E-state index in [4.69, 9.17) is 5.26 Å². The van der Waals surface area contributed by atoms with Gasteiger partial charge in [-0.3, -0.25) is 0 Å². The summed E-state index contributed by atoms with van der Waals surface area (Å²) in [7, 11) is 0. The van der Waals surface area contributed by atoms with Gasteiger partial charge in [0.25, 0.3) is 0 Å². The molecule has 0 aliphatic rings. The highest BCUT2D eigenvalue weighted by molar-refractivity contribution is 5.68. The van der Waals surface area contributed by atoms with Crippen molar-refractivity contribution in [2.75, 3.05) is 11.4 Å². The minimum atomic E-state index is -0.574. The average molecular weight is 266 g/mol. The highest BCUT2D eigenvalue weighted by atomic mass is 16.3. The van der Waals surface area contributed by atoms with Crippen molar-refractivity contribution in [3.05, 3.63) is 59.7 Å². The van der Waals surface area contributed by atoms with Crippen LogP contribution in [0.5, 0.6) is 0 Å². The van der Waals surface area contributed by atoms with E-state index in [1.807, 2.05) is 42.5 Å². The van der Waals surface area contributed by atoms with E-state index in [1.54, 1.807) is 13.0 Å². The number of anilines is 2. The molecule has 0 unspecified atom stereocenters. The molecule has 2 aromatic rings. The fraction of sp³-hybridized carbons (Fsp3) is 0.235. The molecule has 0 bridgehead atoms. The first kappa shape index (κ1) is 14.1. The normalized spacial score (nSPS) is 11.7. The molecule has 20 heavy (non-hydrogen) atoms. The van der Waals surface area contributed by atoms with Crippen LogP contribution < -0.4 is 4.90 Å². The second-order valence-corrected chi connectivity index (χ2v) is 4.64. The average Bonchev–Trinajstić information content (AvgIpc) is 2.48. The predicted molar refractivity (Wildman–Crippen MR) is 80.9 cm³/mol. The summed E-state index contributed by atoms with van der Waals surface area (Å²) in [6.45, 7) is 4.56. The van der Waals surface area contributed by atoms with Crippen molar-refractivity contribution in [3.63, 3.8) is 0 Å². The van der Waals surface area contributed by atoms with Gasteiger partial charge in [0.1, 0.15) is 0 Å². The van der Waals surface area contributed by atoms with E-state index >= 15 is 0 Å². The summed E-state index contributed by atoms with van der Waals surface area (Å²) in [5, 5.41) is 19.0. The van der Waals surface area contributed by atoms with Crippen LogP contribution in [0.4, 0.5) is 11.4 Å². The molecule has 1 N–H and O–H groups in total. The van der Waals surface area contributed by atoms with Gasteiger partial charge in [-0.25, -0.2) is 0 Å². The first-order valence-electron chi connectivity index (χ1n) is 6.72. The molecule has 0 heterocycles. The third kappa shape index (κ3) is 2.81. The maximum absolute atomic E-state index is 9.95. The Morgan fingerprint density at radius 1 is 1.20 bits per heavy atom. The van der Waals surface area contributed by atoms with Crippen LogP contribution in [0.3, 0.4) is 0 Å². The van der Waals surface area contributed by atoms with Gasteiger partial charge < -0.3 is 10.0 Å². The molecule has 0 saturated carbocycles. The Labute approximate surface area is 119 Å². The summed E-state index contributed by atoms with van der Waals surface area (Å²) in [6.07, 6.45) is -0.574. The molecule has 3 heteroatoms. The largest absolute Gasteiger partial charge is 0.389 e. The Balaban J connectivity index is 2.56. The summed E-state index contributed by atoms with van der Waals surface area (Å²) < 4.78 is 0. The van der Waals surface area contributed by atoms with Crippen LogP contribution in [0.1, 0.15) is 31.1 Å². The Bertz CT molecular complexity index is 615. The monoisotopic (exact) mass is 266 g/mol. The lowest BCUT2D eigenvalue weighted by Gasteiger charge is -2.27. The van der Waals surface area contributed by atoms with Crippen LogP contribution in [-0.2, 0) is 0 Å². The van der Waals surface area contributed by atoms with Crippen molar-refractivity contribution in [2.45, 2.75) is 20.0 Å². The molecular weight excluding hydrogens is 248 g/mol. The highest BCUT2D eigenvalue weighted by Crippen LogP contribution is 2.32. The fourth-order valence-corrected chi connectivity index (χ4v) is 2.30. The Morgan fingerprint density at radius 3 is 2.45 bits per heavy atom.